The van der Waals surface area contributed by atoms with Crippen molar-refractivity contribution in [3.05, 3.63) is 60.2 Å². The minimum absolute atomic E-state index is 0.212. The highest BCUT2D eigenvalue weighted by Crippen LogP contribution is 2.52. The fourth-order valence-electron chi connectivity index (χ4n) is 4.38. The molecule has 3 aromatic rings. The smallest absolute Gasteiger partial charge is 0.125 e. The topological polar surface area (TPSA) is 30.3 Å². The van der Waals surface area contributed by atoms with Crippen molar-refractivity contribution in [2.75, 3.05) is 19.7 Å². The number of ether oxygens (including phenoxy) is 1. The van der Waals surface area contributed by atoms with Gasteiger partial charge in [0, 0.05) is 26.1 Å². The fourth-order valence-corrected chi connectivity index (χ4v) is 4.38. The number of aryl methyl sites for hydroxylation is 1. The summed E-state index contributed by atoms with van der Waals surface area (Å²) in [5.74, 6) is 3.92. The lowest BCUT2D eigenvalue weighted by molar-refractivity contribution is 0.226. The second kappa shape index (κ2) is 6.09. The van der Waals surface area contributed by atoms with Gasteiger partial charge in [0.2, 0.25) is 0 Å². The number of hydrogen-bond acceptors (Lipinski definition) is 3. The number of para-hydroxylation sites is 1. The van der Waals surface area contributed by atoms with Gasteiger partial charge in [-0.2, -0.15) is 0 Å². The molecule has 1 saturated carbocycles. The Labute approximate surface area is 152 Å². The Morgan fingerprint density at radius 3 is 2.65 bits per heavy atom. The number of benzene rings is 2. The lowest BCUT2D eigenvalue weighted by Crippen LogP contribution is -2.26. The molecule has 2 aromatic carbocycles. The van der Waals surface area contributed by atoms with Gasteiger partial charge in [-0.1, -0.05) is 18.2 Å². The van der Waals surface area contributed by atoms with Gasteiger partial charge in [-0.15, -0.1) is 0 Å². The Morgan fingerprint density at radius 2 is 1.88 bits per heavy atom. The second-order valence-corrected chi connectivity index (χ2v) is 7.53. The Morgan fingerprint density at radius 1 is 1.12 bits per heavy atom. The van der Waals surface area contributed by atoms with Crippen LogP contribution >= 0.6 is 0 Å². The van der Waals surface area contributed by atoms with Gasteiger partial charge in [0.25, 0.3) is 0 Å². The maximum absolute atomic E-state index is 13.5. The molecular formula is C21H22FN3O. The van der Waals surface area contributed by atoms with E-state index < -0.39 is 0 Å². The molecule has 0 N–H and O–H groups in total. The molecule has 2 unspecified atom stereocenters. The zero-order valence-electron chi connectivity index (χ0n) is 14.8. The van der Waals surface area contributed by atoms with Crippen LogP contribution in [0.1, 0.15) is 5.82 Å². The van der Waals surface area contributed by atoms with Gasteiger partial charge >= 0.3 is 0 Å². The first-order chi connectivity index (χ1) is 12.7. The number of imidazole rings is 1. The van der Waals surface area contributed by atoms with Gasteiger partial charge in [0.05, 0.1) is 24.2 Å². The number of fused-ring (bicyclic) bond motifs is 2. The van der Waals surface area contributed by atoms with E-state index in [1.165, 1.54) is 6.07 Å². The summed E-state index contributed by atoms with van der Waals surface area (Å²) in [4.78, 5) is 7.15. The number of likely N-dealkylation sites (tertiary alicyclic amines) is 1. The lowest BCUT2D eigenvalue weighted by Gasteiger charge is -2.19. The van der Waals surface area contributed by atoms with Crippen molar-refractivity contribution in [3.8, 4) is 5.75 Å². The van der Waals surface area contributed by atoms with Crippen LogP contribution in [0.15, 0.2) is 48.5 Å². The molecule has 5 heteroatoms. The number of rotatable bonds is 5. The average molecular weight is 351 g/mol. The van der Waals surface area contributed by atoms with Gasteiger partial charge < -0.3 is 9.30 Å². The quantitative estimate of drug-likeness (QED) is 0.705. The van der Waals surface area contributed by atoms with E-state index in [4.69, 9.17) is 4.74 Å². The second-order valence-electron chi connectivity index (χ2n) is 7.53. The summed E-state index contributed by atoms with van der Waals surface area (Å²) in [6.07, 6.45) is 0. The Hall–Kier alpha value is -2.40. The normalized spacial score (nSPS) is 24.8. The molecule has 0 radical (unpaired) electrons. The molecule has 2 aliphatic rings. The molecule has 26 heavy (non-hydrogen) atoms. The van der Waals surface area contributed by atoms with Crippen LogP contribution in [0.2, 0.25) is 0 Å². The summed E-state index contributed by atoms with van der Waals surface area (Å²) in [5, 5.41) is 0. The van der Waals surface area contributed by atoms with Crippen molar-refractivity contribution in [1.29, 1.82) is 0 Å². The molecule has 5 rings (SSSR count). The first-order valence-electron chi connectivity index (χ1n) is 9.20. The number of aromatic nitrogens is 2. The zero-order valence-corrected chi connectivity index (χ0v) is 14.8. The summed E-state index contributed by atoms with van der Waals surface area (Å²) in [6, 6.07) is 14.8. The van der Waals surface area contributed by atoms with E-state index in [0.29, 0.717) is 5.92 Å². The number of nitrogens with zero attached hydrogens (tertiary/aromatic N) is 3. The molecule has 134 valence electrons. The fraction of sp³-hybridized carbons (Fsp3) is 0.381. The van der Waals surface area contributed by atoms with E-state index in [-0.39, 0.29) is 5.82 Å². The third-order valence-electron chi connectivity index (χ3n) is 5.93. The third kappa shape index (κ3) is 2.76. The number of hydrogen-bond donors (Lipinski definition) is 0. The summed E-state index contributed by atoms with van der Waals surface area (Å²) < 4.78 is 21.4. The molecule has 1 saturated heterocycles. The van der Waals surface area contributed by atoms with Crippen LogP contribution < -0.4 is 4.74 Å². The van der Waals surface area contributed by atoms with E-state index in [1.807, 2.05) is 41.9 Å². The van der Waals surface area contributed by atoms with Crippen LogP contribution in [0.4, 0.5) is 4.39 Å². The van der Waals surface area contributed by atoms with Crippen molar-refractivity contribution in [3.63, 3.8) is 0 Å². The van der Waals surface area contributed by atoms with Crippen molar-refractivity contribution in [1.82, 2.24) is 14.5 Å². The Kier molecular flexibility index (Phi) is 3.71. The summed E-state index contributed by atoms with van der Waals surface area (Å²) in [7, 11) is 1.97. The highest BCUT2D eigenvalue weighted by Gasteiger charge is 2.55. The standard InChI is InChI=1S/C21H22FN3O/c1-24-20-9-14(22)7-8-19(20)23-21(24)12-25-10-16-17(11-25)18(16)13-26-15-5-3-2-4-6-15/h2-9,16-18H,10-13H2,1H3. The summed E-state index contributed by atoms with van der Waals surface area (Å²) >= 11 is 0. The van der Waals surface area contributed by atoms with Crippen LogP contribution in [0.3, 0.4) is 0 Å². The van der Waals surface area contributed by atoms with E-state index in [0.717, 1.165) is 60.7 Å². The first-order valence-corrected chi connectivity index (χ1v) is 9.20. The van der Waals surface area contributed by atoms with Gasteiger partial charge in [0.15, 0.2) is 0 Å². The average Bonchev–Trinajstić information content (AvgIpc) is 2.97. The van der Waals surface area contributed by atoms with E-state index in [9.17, 15) is 4.39 Å². The minimum Gasteiger partial charge on any atom is -0.493 e. The summed E-state index contributed by atoms with van der Waals surface area (Å²) in [6.45, 7) is 3.85. The lowest BCUT2D eigenvalue weighted by atomic mass is 10.2. The van der Waals surface area contributed by atoms with Gasteiger partial charge in [-0.3, -0.25) is 4.90 Å². The highest BCUT2D eigenvalue weighted by molar-refractivity contribution is 5.75. The van der Waals surface area contributed by atoms with Crippen LogP contribution in [0.5, 0.6) is 5.75 Å². The minimum atomic E-state index is -0.212. The molecule has 2 fully saturated rings. The van der Waals surface area contributed by atoms with Crippen molar-refractivity contribution in [2.45, 2.75) is 6.54 Å². The first kappa shape index (κ1) is 15.8. The van der Waals surface area contributed by atoms with Crippen LogP contribution in [0.25, 0.3) is 11.0 Å². The number of piperidine rings is 1. The van der Waals surface area contributed by atoms with Gasteiger partial charge in [-0.25, -0.2) is 9.37 Å². The molecule has 2 atom stereocenters. The molecule has 1 aliphatic heterocycles. The largest absolute Gasteiger partial charge is 0.493 e. The Bertz CT molecular complexity index is 927. The molecule has 1 aromatic heterocycles. The predicted molar refractivity (Wildman–Crippen MR) is 98.4 cm³/mol. The molecule has 0 bridgehead atoms. The van der Waals surface area contributed by atoms with E-state index >= 15 is 0 Å². The maximum atomic E-state index is 13.5. The predicted octanol–water partition coefficient (Wildman–Crippen LogP) is 3.47. The van der Waals surface area contributed by atoms with Crippen LogP contribution in [-0.4, -0.2) is 34.1 Å². The molecule has 1 aliphatic carbocycles. The van der Waals surface area contributed by atoms with E-state index in [2.05, 4.69) is 9.88 Å². The maximum Gasteiger partial charge on any atom is 0.125 e. The Balaban J connectivity index is 1.19. The van der Waals surface area contributed by atoms with E-state index in [1.54, 1.807) is 12.1 Å². The SMILES string of the molecule is Cn1c(CN2CC3C(COc4ccccc4)C3C2)nc2ccc(F)cc21. The van der Waals surface area contributed by atoms with Crippen LogP contribution in [-0.2, 0) is 13.6 Å². The monoisotopic (exact) mass is 351 g/mol. The van der Waals surface area contributed by atoms with Crippen molar-refractivity contribution >= 4 is 11.0 Å². The van der Waals surface area contributed by atoms with Gasteiger partial charge in [-0.05, 0) is 42.2 Å². The molecule has 0 amide bonds. The summed E-state index contributed by atoms with van der Waals surface area (Å²) in [5.41, 5.74) is 1.72. The molecule has 4 nitrogen and oxygen atoms in total. The van der Waals surface area contributed by atoms with Gasteiger partial charge in [0.1, 0.15) is 17.4 Å². The molecular weight excluding hydrogens is 329 g/mol. The molecule has 0 spiro atoms. The van der Waals surface area contributed by atoms with Crippen molar-refractivity contribution in [2.24, 2.45) is 24.8 Å². The third-order valence-corrected chi connectivity index (χ3v) is 5.93. The van der Waals surface area contributed by atoms with Crippen molar-refractivity contribution < 1.29 is 9.13 Å². The number of halogens is 1. The zero-order chi connectivity index (χ0) is 17.7. The molecule has 2 heterocycles. The van der Waals surface area contributed by atoms with Crippen LogP contribution in [0, 0.1) is 23.6 Å². The highest BCUT2D eigenvalue weighted by atomic mass is 19.1.